The quantitative estimate of drug-likeness (QED) is 0.622. The zero-order valence-corrected chi connectivity index (χ0v) is 14.5. The van der Waals surface area contributed by atoms with Crippen molar-refractivity contribution in [3.8, 4) is 0 Å². The lowest BCUT2D eigenvalue weighted by atomic mass is 10.1. The molecule has 0 radical (unpaired) electrons. The van der Waals surface area contributed by atoms with Crippen LogP contribution in [0, 0.1) is 5.92 Å². The highest BCUT2D eigenvalue weighted by molar-refractivity contribution is 6.05. The first-order valence-corrected chi connectivity index (χ1v) is 7.82. The molecule has 7 nitrogen and oxygen atoms in total. The van der Waals surface area contributed by atoms with Crippen molar-refractivity contribution in [1.82, 2.24) is 10.6 Å². The fraction of sp³-hybridized carbons (Fsp3) is 0.500. The molecule has 0 bridgehead atoms. The molecule has 4 N–H and O–H groups in total. The first-order chi connectivity index (χ1) is 11.0. The largest absolute Gasteiger partial charge is 0.391 e. The van der Waals surface area contributed by atoms with E-state index in [0.717, 1.165) is 5.69 Å². The molecule has 3 rings (SSSR count). The third-order valence-corrected chi connectivity index (χ3v) is 4.69. The molecule has 0 aromatic heterocycles. The summed E-state index contributed by atoms with van der Waals surface area (Å²) in [4.78, 5) is 26.1. The van der Waals surface area contributed by atoms with Gasteiger partial charge in [0.1, 0.15) is 6.04 Å². The van der Waals surface area contributed by atoms with Gasteiger partial charge in [0.15, 0.2) is 0 Å². The summed E-state index contributed by atoms with van der Waals surface area (Å²) in [5.74, 6) is -0.261. The summed E-state index contributed by atoms with van der Waals surface area (Å²) >= 11 is 0. The molecule has 1 aromatic carbocycles. The van der Waals surface area contributed by atoms with Gasteiger partial charge in [-0.05, 0) is 25.1 Å². The van der Waals surface area contributed by atoms with Crippen molar-refractivity contribution < 1.29 is 14.7 Å². The minimum atomic E-state index is -0.423. The number of carbonyl (C=O) groups is 2. The number of hydrogen-bond acceptors (Lipinski definition) is 5. The summed E-state index contributed by atoms with van der Waals surface area (Å²) in [6, 6.07) is 5.04. The highest BCUT2D eigenvalue weighted by Crippen LogP contribution is 2.31. The van der Waals surface area contributed by atoms with Crippen molar-refractivity contribution in [2.45, 2.75) is 19.1 Å². The second kappa shape index (κ2) is 7.38. The molecule has 0 spiro atoms. The topological polar surface area (TPSA) is 93.7 Å². The third-order valence-electron chi connectivity index (χ3n) is 4.69. The monoisotopic (exact) mass is 354 g/mol. The number of aliphatic hydroxyl groups excluding tert-OH is 1. The Bertz CT molecular complexity index is 640. The van der Waals surface area contributed by atoms with Crippen molar-refractivity contribution >= 4 is 35.6 Å². The highest BCUT2D eigenvalue weighted by atomic mass is 35.5. The van der Waals surface area contributed by atoms with Gasteiger partial charge in [-0.15, -0.1) is 12.4 Å². The normalized spacial score (nSPS) is 25.5. The lowest BCUT2D eigenvalue weighted by Gasteiger charge is -2.33. The van der Waals surface area contributed by atoms with Crippen LogP contribution in [0.3, 0.4) is 0 Å². The fourth-order valence-electron chi connectivity index (χ4n) is 2.96. The summed E-state index contributed by atoms with van der Waals surface area (Å²) in [5.41, 5.74) is 2.03. The molecule has 8 heteroatoms. The number of benzene rings is 1. The number of β-amino-alcohol motifs (C(OH)–C–C–N with tert-alkyl or cyclic N) is 1. The van der Waals surface area contributed by atoms with Crippen LogP contribution in [0.1, 0.15) is 17.3 Å². The van der Waals surface area contributed by atoms with Gasteiger partial charge >= 0.3 is 0 Å². The van der Waals surface area contributed by atoms with Crippen molar-refractivity contribution in [1.29, 1.82) is 0 Å². The molecule has 1 aromatic rings. The minimum absolute atomic E-state index is 0. The molecule has 2 amide bonds. The number of aliphatic hydroxyl groups is 1. The van der Waals surface area contributed by atoms with E-state index in [1.54, 1.807) is 12.1 Å². The molecule has 3 atom stereocenters. The van der Waals surface area contributed by atoms with Gasteiger partial charge in [-0.1, -0.05) is 0 Å². The fourth-order valence-corrected chi connectivity index (χ4v) is 2.96. The maximum absolute atomic E-state index is 12.3. The van der Waals surface area contributed by atoms with Crippen molar-refractivity contribution in [3.63, 3.8) is 0 Å². The predicted molar refractivity (Wildman–Crippen MR) is 94.9 cm³/mol. The van der Waals surface area contributed by atoms with Crippen LogP contribution in [0.25, 0.3) is 0 Å². The molecule has 0 aliphatic carbocycles. The third kappa shape index (κ3) is 3.48. The number of hydrogen-bond donors (Lipinski definition) is 4. The Labute approximate surface area is 147 Å². The van der Waals surface area contributed by atoms with E-state index in [1.807, 2.05) is 24.9 Å². The van der Waals surface area contributed by atoms with E-state index >= 15 is 0 Å². The van der Waals surface area contributed by atoms with Gasteiger partial charge in [-0.2, -0.15) is 0 Å². The van der Waals surface area contributed by atoms with E-state index in [0.29, 0.717) is 30.9 Å². The lowest BCUT2D eigenvalue weighted by molar-refractivity contribution is -0.117. The van der Waals surface area contributed by atoms with Gasteiger partial charge in [0, 0.05) is 38.2 Å². The van der Waals surface area contributed by atoms with Crippen molar-refractivity contribution in [3.05, 3.63) is 23.8 Å². The van der Waals surface area contributed by atoms with E-state index < -0.39 is 6.10 Å². The Kier molecular flexibility index (Phi) is 5.69. The molecule has 24 heavy (non-hydrogen) atoms. The molecule has 2 aliphatic rings. The van der Waals surface area contributed by atoms with Gasteiger partial charge in [-0.3, -0.25) is 9.59 Å². The number of amides is 2. The summed E-state index contributed by atoms with van der Waals surface area (Å²) < 4.78 is 0. The summed E-state index contributed by atoms with van der Waals surface area (Å²) in [5, 5.41) is 18.5. The number of carbonyl (C=O) groups excluding carboxylic acids is 2. The molecule has 132 valence electrons. The summed E-state index contributed by atoms with van der Waals surface area (Å²) in [6.07, 6.45) is -0.423. The van der Waals surface area contributed by atoms with Crippen LogP contribution >= 0.6 is 12.4 Å². The molecule has 1 saturated heterocycles. The van der Waals surface area contributed by atoms with Gasteiger partial charge in [0.25, 0.3) is 5.91 Å². The first kappa shape index (κ1) is 18.5. The van der Waals surface area contributed by atoms with E-state index in [4.69, 9.17) is 0 Å². The molecule has 2 heterocycles. The van der Waals surface area contributed by atoms with Gasteiger partial charge in [-0.25, -0.2) is 0 Å². The maximum Gasteiger partial charge on any atom is 0.251 e. The van der Waals surface area contributed by atoms with E-state index in [2.05, 4.69) is 16.0 Å². The summed E-state index contributed by atoms with van der Waals surface area (Å²) in [7, 11) is 1.86. The van der Waals surface area contributed by atoms with Crippen molar-refractivity contribution in [2.75, 3.05) is 36.9 Å². The van der Waals surface area contributed by atoms with Crippen LogP contribution in [-0.2, 0) is 4.79 Å². The Balaban J connectivity index is 0.00000208. The number of nitrogens with zero attached hydrogens (tertiary/aromatic N) is 1. The number of anilines is 2. The first-order valence-electron chi connectivity index (χ1n) is 7.82. The Morgan fingerprint density at radius 2 is 2.17 bits per heavy atom. The molecular weight excluding hydrogens is 332 g/mol. The average molecular weight is 355 g/mol. The zero-order valence-electron chi connectivity index (χ0n) is 13.7. The highest BCUT2D eigenvalue weighted by Gasteiger charge is 2.28. The van der Waals surface area contributed by atoms with Gasteiger partial charge in [0.2, 0.25) is 5.91 Å². The SMILES string of the molecule is CC1C(=O)Nc2cc(C(=O)NCC3CNCC3O)ccc2N1C.Cl. The Hall–Kier alpha value is -1.83. The number of halogens is 1. The number of likely N-dealkylation sites (N-methyl/N-ethyl adjacent to an activating group) is 1. The van der Waals surface area contributed by atoms with Crippen LogP contribution in [0.5, 0.6) is 0 Å². The van der Waals surface area contributed by atoms with E-state index in [1.165, 1.54) is 0 Å². The van der Waals surface area contributed by atoms with Crippen LogP contribution < -0.4 is 20.9 Å². The lowest BCUT2D eigenvalue weighted by Crippen LogP contribution is -2.44. The summed E-state index contributed by atoms with van der Waals surface area (Å²) in [6.45, 7) is 3.52. The standard InChI is InChI=1S/C16H22N4O3.ClH/c1-9-15(22)19-12-5-10(3-4-13(12)20(9)2)16(23)18-7-11-6-17-8-14(11)21;/h3-5,9,11,14,17,21H,6-8H2,1-2H3,(H,18,23)(H,19,22);1H. The number of fused-ring (bicyclic) bond motifs is 1. The van der Waals surface area contributed by atoms with Crippen molar-refractivity contribution in [2.24, 2.45) is 5.92 Å². The number of rotatable bonds is 3. The molecule has 2 aliphatic heterocycles. The molecule has 0 saturated carbocycles. The predicted octanol–water partition coefficient (Wildman–Crippen LogP) is 0.195. The minimum Gasteiger partial charge on any atom is -0.391 e. The van der Waals surface area contributed by atoms with E-state index in [-0.39, 0.29) is 36.2 Å². The second-order valence-electron chi connectivity index (χ2n) is 6.20. The van der Waals surface area contributed by atoms with Gasteiger partial charge in [0.05, 0.1) is 17.5 Å². The Morgan fingerprint density at radius 3 is 2.83 bits per heavy atom. The Morgan fingerprint density at radius 1 is 1.42 bits per heavy atom. The van der Waals surface area contributed by atoms with Gasteiger partial charge < -0.3 is 26.0 Å². The molecule has 3 unspecified atom stereocenters. The molecule has 1 fully saturated rings. The van der Waals surface area contributed by atoms with Crippen LogP contribution in [0.2, 0.25) is 0 Å². The van der Waals surface area contributed by atoms with E-state index in [9.17, 15) is 14.7 Å². The van der Waals surface area contributed by atoms with Crippen LogP contribution in [-0.4, -0.2) is 55.7 Å². The second-order valence-corrected chi connectivity index (χ2v) is 6.20. The molecular formula is C16H23ClN4O3. The number of nitrogens with one attached hydrogen (secondary N) is 3. The zero-order chi connectivity index (χ0) is 16.6. The van der Waals surface area contributed by atoms with Crippen LogP contribution in [0.15, 0.2) is 18.2 Å². The van der Waals surface area contributed by atoms with Crippen LogP contribution in [0.4, 0.5) is 11.4 Å². The maximum atomic E-state index is 12.3. The smallest absolute Gasteiger partial charge is 0.251 e. The average Bonchev–Trinajstić information content (AvgIpc) is 2.95.